The first-order valence-corrected chi connectivity index (χ1v) is 10.1. The van der Waals surface area contributed by atoms with Crippen molar-refractivity contribution in [2.75, 3.05) is 0 Å². The predicted octanol–water partition coefficient (Wildman–Crippen LogP) is 4.41. The van der Waals surface area contributed by atoms with E-state index in [0.717, 1.165) is 25.7 Å². The quantitative estimate of drug-likeness (QED) is 0.611. The summed E-state index contributed by atoms with van der Waals surface area (Å²) < 4.78 is 41.8. The minimum Gasteiger partial charge on any atom is -0.332 e. The molecular formula is C20H17ClF3N5O. The van der Waals surface area contributed by atoms with E-state index in [-0.39, 0.29) is 40.4 Å². The number of halogens is 4. The molecule has 0 unspecified atom stereocenters. The topological polar surface area (TPSA) is 63.4 Å². The Kier molecular flexibility index (Phi) is 4.65. The normalized spacial score (nSPS) is 23.5. The van der Waals surface area contributed by atoms with Gasteiger partial charge in [0.25, 0.3) is 18.1 Å². The van der Waals surface area contributed by atoms with Crippen LogP contribution in [0.5, 0.6) is 0 Å². The smallest absolute Gasteiger partial charge is 0.280 e. The van der Waals surface area contributed by atoms with Gasteiger partial charge in [-0.25, -0.2) is 22.7 Å². The molecule has 2 fully saturated rings. The third-order valence-electron chi connectivity index (χ3n) is 6.13. The lowest BCUT2D eigenvalue weighted by Crippen LogP contribution is -2.47. The zero-order valence-electron chi connectivity index (χ0n) is 15.7. The SMILES string of the molecule is O=C(c1ccc(F)c(Cl)c1)N1[C@H]2CC[C@H](c3cc(C(F)F)nc4ncnn34)[C@@H]1CC2. The minimum absolute atomic E-state index is 0.0604. The van der Waals surface area contributed by atoms with Crippen LogP contribution in [0.15, 0.2) is 30.6 Å². The zero-order chi connectivity index (χ0) is 21.0. The number of amides is 1. The highest BCUT2D eigenvalue weighted by Gasteiger charge is 2.46. The third-order valence-corrected chi connectivity index (χ3v) is 6.42. The number of benzene rings is 1. The van der Waals surface area contributed by atoms with Crippen molar-refractivity contribution in [2.24, 2.45) is 0 Å². The molecule has 30 heavy (non-hydrogen) atoms. The van der Waals surface area contributed by atoms with E-state index in [4.69, 9.17) is 11.6 Å². The van der Waals surface area contributed by atoms with E-state index in [0.29, 0.717) is 11.3 Å². The Morgan fingerprint density at radius 3 is 2.73 bits per heavy atom. The molecule has 3 atom stereocenters. The van der Waals surface area contributed by atoms with Gasteiger partial charge in [-0.3, -0.25) is 4.79 Å². The Morgan fingerprint density at radius 2 is 1.97 bits per heavy atom. The Balaban J connectivity index is 1.54. The summed E-state index contributed by atoms with van der Waals surface area (Å²) in [6.45, 7) is 0. The van der Waals surface area contributed by atoms with Crippen LogP contribution >= 0.6 is 11.6 Å². The fourth-order valence-corrected chi connectivity index (χ4v) is 5.01. The van der Waals surface area contributed by atoms with Crippen LogP contribution in [-0.2, 0) is 0 Å². The number of fused-ring (bicyclic) bond motifs is 3. The summed E-state index contributed by atoms with van der Waals surface area (Å²) in [6, 6.07) is 5.18. The van der Waals surface area contributed by atoms with E-state index in [1.807, 2.05) is 4.90 Å². The van der Waals surface area contributed by atoms with Crippen molar-refractivity contribution >= 4 is 23.3 Å². The van der Waals surface area contributed by atoms with Gasteiger partial charge in [0.05, 0.1) is 10.7 Å². The molecule has 6 nitrogen and oxygen atoms in total. The number of nitrogens with zero attached hydrogens (tertiary/aromatic N) is 5. The number of carbonyl (C=O) groups is 1. The summed E-state index contributed by atoms with van der Waals surface area (Å²) in [7, 11) is 0. The van der Waals surface area contributed by atoms with Gasteiger partial charge in [-0.2, -0.15) is 10.1 Å². The molecule has 2 saturated heterocycles. The van der Waals surface area contributed by atoms with E-state index < -0.39 is 12.2 Å². The lowest BCUT2D eigenvalue weighted by molar-refractivity contribution is 0.0553. The maximum Gasteiger partial charge on any atom is 0.280 e. The van der Waals surface area contributed by atoms with Crippen molar-refractivity contribution in [1.82, 2.24) is 24.5 Å². The van der Waals surface area contributed by atoms with Crippen molar-refractivity contribution in [2.45, 2.75) is 50.1 Å². The monoisotopic (exact) mass is 435 g/mol. The molecular weight excluding hydrogens is 419 g/mol. The molecule has 4 heterocycles. The van der Waals surface area contributed by atoms with Crippen LogP contribution in [0.2, 0.25) is 5.02 Å². The molecule has 1 amide bonds. The first-order valence-electron chi connectivity index (χ1n) is 9.70. The van der Waals surface area contributed by atoms with Gasteiger partial charge in [0.1, 0.15) is 17.8 Å². The second kappa shape index (κ2) is 7.23. The Labute approximate surface area is 174 Å². The summed E-state index contributed by atoms with van der Waals surface area (Å²) in [5.41, 5.74) is 0.537. The second-order valence-corrected chi connectivity index (χ2v) is 8.11. The van der Waals surface area contributed by atoms with Gasteiger partial charge in [-0.05, 0) is 49.9 Å². The van der Waals surface area contributed by atoms with Gasteiger partial charge >= 0.3 is 0 Å². The highest BCUT2D eigenvalue weighted by atomic mass is 35.5. The number of alkyl halides is 2. The molecule has 0 radical (unpaired) electrons. The molecule has 3 aromatic rings. The van der Waals surface area contributed by atoms with Crippen molar-refractivity contribution in [3.05, 3.63) is 58.4 Å². The molecule has 0 spiro atoms. The molecule has 156 valence electrons. The van der Waals surface area contributed by atoms with Crippen LogP contribution in [0.3, 0.4) is 0 Å². The molecule has 2 aromatic heterocycles. The predicted molar refractivity (Wildman–Crippen MR) is 102 cm³/mol. The second-order valence-electron chi connectivity index (χ2n) is 7.70. The Morgan fingerprint density at radius 1 is 1.17 bits per heavy atom. The van der Waals surface area contributed by atoms with Crippen LogP contribution in [-0.4, -0.2) is 42.5 Å². The molecule has 0 N–H and O–H groups in total. The highest BCUT2D eigenvalue weighted by Crippen LogP contribution is 2.45. The van der Waals surface area contributed by atoms with E-state index in [1.165, 1.54) is 35.1 Å². The Hall–Kier alpha value is -2.68. The van der Waals surface area contributed by atoms with E-state index >= 15 is 0 Å². The number of hydrogen-bond donors (Lipinski definition) is 0. The molecule has 0 aliphatic carbocycles. The van der Waals surface area contributed by atoms with Crippen LogP contribution in [0.4, 0.5) is 13.2 Å². The van der Waals surface area contributed by atoms with Crippen LogP contribution in [0.1, 0.15) is 59.8 Å². The van der Waals surface area contributed by atoms with Gasteiger partial charge in [0, 0.05) is 23.6 Å². The zero-order valence-corrected chi connectivity index (χ0v) is 16.4. The molecule has 2 aliphatic heterocycles. The van der Waals surface area contributed by atoms with Crippen molar-refractivity contribution in [1.29, 1.82) is 0 Å². The molecule has 1 aromatic carbocycles. The van der Waals surface area contributed by atoms with E-state index in [1.54, 1.807) is 0 Å². The first kappa shape index (κ1) is 19.3. The Bertz CT molecular complexity index is 1140. The average Bonchev–Trinajstić information content (AvgIpc) is 3.32. The maximum absolute atomic E-state index is 13.5. The third kappa shape index (κ3) is 3.03. The standard InChI is InChI=1S/C20H17ClF3N5O/c21-13-7-10(1-5-14(13)22)19(30)28-11-2-4-12(16(28)6-3-11)17-8-15(18(23)24)27-20-25-9-26-29(17)20/h1,5,7-9,11-12,16,18H,2-4,6H2/t11-,12-,16-/m0/s1. The molecule has 5 rings (SSSR count). The van der Waals surface area contributed by atoms with E-state index in [2.05, 4.69) is 15.1 Å². The average molecular weight is 436 g/mol. The molecule has 10 heteroatoms. The number of carbonyl (C=O) groups excluding carboxylic acids is 1. The largest absolute Gasteiger partial charge is 0.332 e. The van der Waals surface area contributed by atoms with E-state index in [9.17, 15) is 18.0 Å². The molecule has 2 aliphatic rings. The summed E-state index contributed by atoms with van der Waals surface area (Å²) >= 11 is 5.87. The lowest BCUT2D eigenvalue weighted by Gasteiger charge is -2.40. The van der Waals surface area contributed by atoms with Gasteiger partial charge in [0.2, 0.25) is 0 Å². The first-order chi connectivity index (χ1) is 14.4. The fraction of sp³-hybridized carbons (Fsp3) is 0.400. The van der Waals surface area contributed by atoms with Crippen molar-refractivity contribution < 1.29 is 18.0 Å². The van der Waals surface area contributed by atoms with Crippen LogP contribution in [0.25, 0.3) is 5.78 Å². The van der Waals surface area contributed by atoms with Gasteiger partial charge in [0.15, 0.2) is 0 Å². The number of hydrogen-bond acceptors (Lipinski definition) is 4. The fourth-order valence-electron chi connectivity index (χ4n) is 4.82. The molecule has 2 bridgehead atoms. The van der Waals surface area contributed by atoms with Crippen molar-refractivity contribution in [3.8, 4) is 0 Å². The van der Waals surface area contributed by atoms with Gasteiger partial charge < -0.3 is 4.90 Å². The van der Waals surface area contributed by atoms with Crippen LogP contribution < -0.4 is 0 Å². The number of piperidine rings is 1. The number of rotatable bonds is 3. The van der Waals surface area contributed by atoms with Gasteiger partial charge in [-0.1, -0.05) is 11.6 Å². The highest BCUT2D eigenvalue weighted by molar-refractivity contribution is 6.31. The lowest BCUT2D eigenvalue weighted by atomic mass is 9.86. The van der Waals surface area contributed by atoms with Crippen LogP contribution in [0, 0.1) is 5.82 Å². The van der Waals surface area contributed by atoms with Crippen molar-refractivity contribution in [3.63, 3.8) is 0 Å². The number of aromatic nitrogens is 4. The molecule has 0 saturated carbocycles. The summed E-state index contributed by atoms with van der Waals surface area (Å²) in [4.78, 5) is 22.9. The summed E-state index contributed by atoms with van der Waals surface area (Å²) in [6.07, 6.45) is 1.61. The summed E-state index contributed by atoms with van der Waals surface area (Å²) in [5.74, 6) is -0.885. The maximum atomic E-state index is 13.5. The minimum atomic E-state index is -2.73. The van der Waals surface area contributed by atoms with Gasteiger partial charge in [-0.15, -0.1) is 0 Å². The summed E-state index contributed by atoms with van der Waals surface area (Å²) in [5, 5.41) is 4.05.